The summed E-state index contributed by atoms with van der Waals surface area (Å²) in [7, 11) is 7.15. The third-order valence-corrected chi connectivity index (χ3v) is 3.46. The molecule has 0 aromatic heterocycles. The van der Waals surface area contributed by atoms with Crippen molar-refractivity contribution in [2.45, 2.75) is 26.7 Å². The molecule has 5 heteroatoms. The lowest BCUT2D eigenvalue weighted by Gasteiger charge is -2.25. The van der Waals surface area contributed by atoms with Gasteiger partial charge < -0.3 is 4.90 Å². The van der Waals surface area contributed by atoms with E-state index in [1.807, 2.05) is 20.2 Å². The number of benzene rings is 1. The Bertz CT molecular complexity index is 501. The van der Waals surface area contributed by atoms with E-state index in [1.165, 1.54) is 11.1 Å². The first kappa shape index (κ1) is 17.0. The van der Waals surface area contributed by atoms with Crippen LogP contribution in [0.15, 0.2) is 23.2 Å². The van der Waals surface area contributed by atoms with Crippen molar-refractivity contribution >= 4 is 17.7 Å². The van der Waals surface area contributed by atoms with E-state index in [1.54, 1.807) is 23.9 Å². The van der Waals surface area contributed by atoms with Gasteiger partial charge in [-0.3, -0.25) is 15.2 Å². The van der Waals surface area contributed by atoms with Gasteiger partial charge >= 0.3 is 6.03 Å². The summed E-state index contributed by atoms with van der Waals surface area (Å²) < 4.78 is 0. The maximum atomic E-state index is 12.5. The smallest absolute Gasteiger partial charge is 0.328 e. The molecular weight excluding hydrogens is 264 g/mol. The molecule has 1 aromatic carbocycles. The number of rotatable bonds is 3. The Morgan fingerprint density at radius 1 is 1.14 bits per heavy atom. The summed E-state index contributed by atoms with van der Waals surface area (Å²) in [6.45, 7) is 4.20. The molecule has 0 saturated heterocycles. The van der Waals surface area contributed by atoms with Crippen molar-refractivity contribution in [3.8, 4) is 0 Å². The second-order valence-electron chi connectivity index (χ2n) is 5.06. The van der Waals surface area contributed by atoms with Crippen LogP contribution in [0.3, 0.4) is 0 Å². The second kappa shape index (κ2) is 7.67. The van der Waals surface area contributed by atoms with Gasteiger partial charge in [-0.25, -0.2) is 4.79 Å². The molecule has 21 heavy (non-hydrogen) atoms. The van der Waals surface area contributed by atoms with Gasteiger partial charge in [0, 0.05) is 28.2 Å². The van der Waals surface area contributed by atoms with Crippen molar-refractivity contribution in [2.75, 3.05) is 33.1 Å². The fourth-order valence-electron chi connectivity index (χ4n) is 2.29. The number of hydrogen-bond acceptors (Lipinski definition) is 2. The number of urea groups is 1. The van der Waals surface area contributed by atoms with Crippen molar-refractivity contribution in [1.82, 2.24) is 10.2 Å². The number of aliphatic imine (C=N–C) groups is 1. The van der Waals surface area contributed by atoms with Crippen LogP contribution >= 0.6 is 0 Å². The van der Waals surface area contributed by atoms with E-state index in [0.717, 1.165) is 18.5 Å². The van der Waals surface area contributed by atoms with Gasteiger partial charge in [0.1, 0.15) is 0 Å². The zero-order valence-electron chi connectivity index (χ0n) is 13.9. The number of carbonyl (C=O) groups excluding carboxylic acids is 1. The topological polar surface area (TPSA) is 47.9 Å². The Labute approximate surface area is 127 Å². The summed E-state index contributed by atoms with van der Waals surface area (Å²) in [5, 5.41) is 2.83. The summed E-state index contributed by atoms with van der Waals surface area (Å²) in [6, 6.07) is 6.00. The lowest BCUT2D eigenvalue weighted by atomic mass is 10.0. The number of anilines is 1. The first-order valence-electron chi connectivity index (χ1n) is 7.25. The Balaban J connectivity index is 3.08. The van der Waals surface area contributed by atoms with Gasteiger partial charge in [-0.1, -0.05) is 32.0 Å². The minimum Gasteiger partial charge on any atom is -0.349 e. The van der Waals surface area contributed by atoms with Crippen molar-refractivity contribution in [1.29, 1.82) is 0 Å². The number of nitrogens with zero attached hydrogens (tertiary/aromatic N) is 3. The number of aryl methyl sites for hydroxylation is 2. The third-order valence-electron chi connectivity index (χ3n) is 3.46. The van der Waals surface area contributed by atoms with Gasteiger partial charge in [-0.05, 0) is 24.0 Å². The van der Waals surface area contributed by atoms with E-state index in [9.17, 15) is 4.79 Å². The minimum atomic E-state index is -0.181. The predicted octanol–water partition coefficient (Wildman–Crippen LogP) is 2.50. The van der Waals surface area contributed by atoms with Crippen LogP contribution in [0.2, 0.25) is 0 Å². The van der Waals surface area contributed by atoms with Crippen LogP contribution in [0.4, 0.5) is 10.5 Å². The SMILES string of the molecule is CCc1cccc(CC)c1N(C)C(=O)NC(=NC)N(C)C. The molecule has 1 rings (SSSR count). The highest BCUT2D eigenvalue weighted by Crippen LogP contribution is 2.26. The van der Waals surface area contributed by atoms with Crippen LogP contribution in [0.5, 0.6) is 0 Å². The molecule has 1 aromatic rings. The standard InChI is InChI=1S/C16H26N4O/c1-7-12-10-9-11-13(8-2)14(12)20(6)16(21)18-15(17-3)19(4)5/h9-11H,7-8H2,1-6H3,(H,17,18,21). The number of para-hydroxylation sites is 1. The van der Waals surface area contributed by atoms with E-state index in [-0.39, 0.29) is 6.03 Å². The molecule has 0 spiro atoms. The highest BCUT2D eigenvalue weighted by Gasteiger charge is 2.18. The second-order valence-corrected chi connectivity index (χ2v) is 5.06. The molecule has 0 aliphatic carbocycles. The lowest BCUT2D eigenvalue weighted by molar-refractivity contribution is 0.250. The fourth-order valence-corrected chi connectivity index (χ4v) is 2.29. The van der Waals surface area contributed by atoms with E-state index in [2.05, 4.69) is 36.3 Å². The molecule has 2 amide bonds. The molecule has 0 radical (unpaired) electrons. The predicted molar refractivity (Wildman–Crippen MR) is 89.2 cm³/mol. The molecule has 0 bridgehead atoms. The number of hydrogen-bond donors (Lipinski definition) is 1. The average Bonchev–Trinajstić information content (AvgIpc) is 2.50. The van der Waals surface area contributed by atoms with Crippen molar-refractivity contribution in [2.24, 2.45) is 4.99 Å². The van der Waals surface area contributed by atoms with E-state index >= 15 is 0 Å². The molecule has 0 aliphatic heterocycles. The molecule has 0 heterocycles. The fraction of sp³-hybridized carbons (Fsp3) is 0.500. The molecular formula is C16H26N4O. The van der Waals surface area contributed by atoms with Gasteiger partial charge in [-0.15, -0.1) is 0 Å². The van der Waals surface area contributed by atoms with Gasteiger partial charge in [-0.2, -0.15) is 0 Å². The highest BCUT2D eigenvalue weighted by molar-refractivity contribution is 6.04. The molecule has 0 saturated carbocycles. The molecule has 0 unspecified atom stereocenters. The van der Waals surface area contributed by atoms with Crippen molar-refractivity contribution < 1.29 is 4.79 Å². The third kappa shape index (κ3) is 3.97. The first-order valence-corrected chi connectivity index (χ1v) is 7.25. The lowest BCUT2D eigenvalue weighted by Crippen LogP contribution is -2.46. The van der Waals surface area contributed by atoms with Crippen LogP contribution in [0.1, 0.15) is 25.0 Å². The normalized spacial score (nSPS) is 11.2. The monoisotopic (exact) mass is 290 g/mol. The van der Waals surface area contributed by atoms with Crippen molar-refractivity contribution in [3.05, 3.63) is 29.3 Å². The molecule has 0 fully saturated rings. The van der Waals surface area contributed by atoms with Crippen molar-refractivity contribution in [3.63, 3.8) is 0 Å². The van der Waals surface area contributed by atoms with Crippen LogP contribution < -0.4 is 10.2 Å². The molecule has 5 nitrogen and oxygen atoms in total. The zero-order valence-corrected chi connectivity index (χ0v) is 13.9. The van der Waals surface area contributed by atoms with Gasteiger partial charge in [0.05, 0.1) is 5.69 Å². The summed E-state index contributed by atoms with van der Waals surface area (Å²) in [6.07, 6.45) is 1.78. The van der Waals surface area contributed by atoms with Gasteiger partial charge in [0.15, 0.2) is 0 Å². The Hall–Kier alpha value is -2.04. The molecule has 0 aliphatic rings. The maximum Gasteiger partial charge on any atom is 0.328 e. The average molecular weight is 290 g/mol. The highest BCUT2D eigenvalue weighted by atomic mass is 16.2. The maximum absolute atomic E-state index is 12.5. The number of guanidine groups is 1. The zero-order chi connectivity index (χ0) is 16.0. The number of amides is 2. The summed E-state index contributed by atoms with van der Waals surface area (Å²) in [5.74, 6) is 0.541. The van der Waals surface area contributed by atoms with E-state index in [4.69, 9.17) is 0 Å². The number of nitrogens with one attached hydrogen (secondary N) is 1. The summed E-state index contributed by atoms with van der Waals surface area (Å²) in [4.78, 5) is 20.0. The summed E-state index contributed by atoms with van der Waals surface area (Å²) >= 11 is 0. The first-order chi connectivity index (χ1) is 9.96. The quantitative estimate of drug-likeness (QED) is 0.687. The minimum absolute atomic E-state index is 0.181. The van der Waals surface area contributed by atoms with Crippen LogP contribution in [-0.2, 0) is 12.8 Å². The largest absolute Gasteiger partial charge is 0.349 e. The molecule has 0 atom stereocenters. The van der Waals surface area contributed by atoms with E-state index in [0.29, 0.717) is 5.96 Å². The Morgan fingerprint density at radius 2 is 1.67 bits per heavy atom. The Kier molecular flexibility index (Phi) is 6.21. The van der Waals surface area contributed by atoms with E-state index < -0.39 is 0 Å². The summed E-state index contributed by atoms with van der Waals surface area (Å²) in [5.41, 5.74) is 3.34. The number of carbonyl (C=O) groups is 1. The Morgan fingerprint density at radius 3 is 2.05 bits per heavy atom. The van der Waals surface area contributed by atoms with Gasteiger partial charge in [0.25, 0.3) is 0 Å². The molecule has 116 valence electrons. The van der Waals surface area contributed by atoms with Gasteiger partial charge in [0.2, 0.25) is 5.96 Å². The van der Waals surface area contributed by atoms with Crippen LogP contribution in [0.25, 0.3) is 0 Å². The molecule has 1 N–H and O–H groups in total. The van der Waals surface area contributed by atoms with Crippen LogP contribution in [-0.4, -0.2) is 45.1 Å². The van der Waals surface area contributed by atoms with Crippen LogP contribution in [0, 0.1) is 0 Å².